The second-order valence-electron chi connectivity index (χ2n) is 3.74. The number of hydrogen-bond acceptors (Lipinski definition) is 3. The summed E-state index contributed by atoms with van der Waals surface area (Å²) in [5, 5.41) is 26.4. The molecular formula is C10H23O3P. The highest BCUT2D eigenvalue weighted by molar-refractivity contribution is 7.57. The van der Waals surface area contributed by atoms with E-state index in [2.05, 4.69) is 0 Å². The zero-order chi connectivity index (χ0) is 10.8. The summed E-state index contributed by atoms with van der Waals surface area (Å²) >= 11 is 0. The van der Waals surface area contributed by atoms with E-state index >= 15 is 0 Å². The van der Waals surface area contributed by atoms with E-state index in [0.29, 0.717) is 5.92 Å². The molecule has 0 fully saturated rings. The average molecular weight is 222 g/mol. The van der Waals surface area contributed by atoms with Gasteiger partial charge in [-0.1, -0.05) is 6.92 Å². The summed E-state index contributed by atoms with van der Waals surface area (Å²) in [5.41, 5.74) is 0. The fourth-order valence-corrected chi connectivity index (χ4v) is 4.14. The molecule has 0 spiro atoms. The van der Waals surface area contributed by atoms with Crippen LogP contribution < -0.4 is 0 Å². The van der Waals surface area contributed by atoms with Crippen LogP contribution in [-0.4, -0.2) is 53.6 Å². The molecule has 3 N–H and O–H groups in total. The van der Waals surface area contributed by atoms with Gasteiger partial charge in [0.2, 0.25) is 0 Å². The van der Waals surface area contributed by atoms with E-state index in [1.54, 1.807) is 0 Å². The molecule has 0 saturated carbocycles. The van der Waals surface area contributed by atoms with Crippen molar-refractivity contribution in [2.45, 2.75) is 19.8 Å². The minimum atomic E-state index is -0.0977. The average Bonchev–Trinajstić information content (AvgIpc) is 2.21. The van der Waals surface area contributed by atoms with Crippen LogP contribution in [0.2, 0.25) is 0 Å². The van der Waals surface area contributed by atoms with Crippen LogP contribution in [0.1, 0.15) is 19.8 Å². The van der Waals surface area contributed by atoms with Crippen LogP contribution >= 0.6 is 7.92 Å². The maximum absolute atomic E-state index is 8.95. The molecular weight excluding hydrogens is 199 g/mol. The van der Waals surface area contributed by atoms with Crippen molar-refractivity contribution in [3.05, 3.63) is 0 Å². The fourth-order valence-electron chi connectivity index (χ4n) is 1.38. The van der Waals surface area contributed by atoms with Crippen molar-refractivity contribution < 1.29 is 15.3 Å². The molecule has 1 atom stereocenters. The van der Waals surface area contributed by atoms with Crippen molar-refractivity contribution in [2.24, 2.45) is 5.92 Å². The van der Waals surface area contributed by atoms with Crippen molar-refractivity contribution in [1.29, 1.82) is 0 Å². The van der Waals surface area contributed by atoms with Crippen molar-refractivity contribution in [1.82, 2.24) is 0 Å². The smallest absolute Gasteiger partial charge is 0.0459 e. The van der Waals surface area contributed by atoms with Crippen LogP contribution in [0.4, 0.5) is 0 Å². The molecule has 0 aromatic carbocycles. The van der Waals surface area contributed by atoms with E-state index in [4.69, 9.17) is 15.3 Å². The summed E-state index contributed by atoms with van der Waals surface area (Å²) < 4.78 is 0. The summed E-state index contributed by atoms with van der Waals surface area (Å²) in [6, 6.07) is 0. The van der Waals surface area contributed by atoms with Crippen LogP contribution in [0.5, 0.6) is 0 Å². The van der Waals surface area contributed by atoms with Gasteiger partial charge in [-0.3, -0.25) is 0 Å². The molecule has 0 aromatic heterocycles. The predicted octanol–water partition coefficient (Wildman–Crippen LogP) is 0.861. The Morgan fingerprint density at radius 2 is 1.50 bits per heavy atom. The lowest BCUT2D eigenvalue weighted by Crippen LogP contribution is -2.09. The Morgan fingerprint density at radius 3 is 1.86 bits per heavy atom. The second kappa shape index (κ2) is 9.85. The van der Waals surface area contributed by atoms with Crippen molar-refractivity contribution in [2.75, 3.05) is 38.3 Å². The van der Waals surface area contributed by atoms with Gasteiger partial charge >= 0.3 is 0 Å². The van der Waals surface area contributed by atoms with E-state index in [9.17, 15) is 0 Å². The minimum absolute atomic E-state index is 0.0977. The van der Waals surface area contributed by atoms with E-state index in [-0.39, 0.29) is 27.7 Å². The monoisotopic (exact) mass is 222 g/mol. The molecule has 14 heavy (non-hydrogen) atoms. The minimum Gasteiger partial charge on any atom is -0.396 e. The van der Waals surface area contributed by atoms with Crippen LogP contribution in [0, 0.1) is 5.92 Å². The van der Waals surface area contributed by atoms with Gasteiger partial charge < -0.3 is 15.3 Å². The first-order valence-corrected chi connectivity index (χ1v) is 7.19. The summed E-state index contributed by atoms with van der Waals surface area (Å²) in [6.45, 7) is 2.81. The first kappa shape index (κ1) is 14.3. The molecule has 0 aliphatic heterocycles. The first-order chi connectivity index (χ1) is 6.74. The molecule has 0 amide bonds. The Morgan fingerprint density at radius 1 is 1.00 bits per heavy atom. The number of aliphatic hydroxyl groups is 3. The van der Waals surface area contributed by atoms with Crippen molar-refractivity contribution in [3.8, 4) is 0 Å². The van der Waals surface area contributed by atoms with Gasteiger partial charge in [0, 0.05) is 19.8 Å². The topological polar surface area (TPSA) is 60.7 Å². The highest BCUT2D eigenvalue weighted by atomic mass is 31.1. The molecule has 0 aliphatic carbocycles. The maximum Gasteiger partial charge on any atom is 0.0459 e. The van der Waals surface area contributed by atoms with E-state index in [1.165, 1.54) is 0 Å². The van der Waals surface area contributed by atoms with Gasteiger partial charge in [0.1, 0.15) is 0 Å². The molecule has 0 aromatic rings. The summed E-state index contributed by atoms with van der Waals surface area (Å²) in [5.74, 6) is 0.360. The zero-order valence-electron chi connectivity index (χ0n) is 9.02. The van der Waals surface area contributed by atoms with Gasteiger partial charge in [-0.15, -0.1) is 7.92 Å². The Kier molecular flexibility index (Phi) is 10.1. The normalized spacial score (nSPS) is 13.5. The summed E-state index contributed by atoms with van der Waals surface area (Å²) in [4.78, 5) is 0. The summed E-state index contributed by atoms with van der Waals surface area (Å²) in [6.07, 6.45) is 4.91. The molecule has 0 bridgehead atoms. The molecule has 0 radical (unpaired) electrons. The Labute approximate surface area is 87.9 Å². The quantitative estimate of drug-likeness (QED) is 0.507. The largest absolute Gasteiger partial charge is 0.396 e. The first-order valence-electron chi connectivity index (χ1n) is 5.29. The molecule has 0 rings (SSSR count). The Balaban J connectivity index is 3.71. The van der Waals surface area contributed by atoms with Gasteiger partial charge in [0.25, 0.3) is 0 Å². The third-order valence-electron chi connectivity index (χ3n) is 2.15. The highest BCUT2D eigenvalue weighted by Gasteiger charge is 2.11. The van der Waals surface area contributed by atoms with Gasteiger partial charge in [0.05, 0.1) is 0 Å². The van der Waals surface area contributed by atoms with Crippen molar-refractivity contribution in [3.63, 3.8) is 0 Å². The third-order valence-corrected chi connectivity index (χ3v) is 5.18. The third kappa shape index (κ3) is 7.69. The fraction of sp³-hybridized carbons (Fsp3) is 1.00. The molecule has 0 heterocycles. The van der Waals surface area contributed by atoms with Crippen LogP contribution in [0.3, 0.4) is 0 Å². The van der Waals surface area contributed by atoms with E-state index < -0.39 is 0 Å². The molecule has 1 unspecified atom stereocenters. The zero-order valence-corrected chi connectivity index (χ0v) is 9.92. The van der Waals surface area contributed by atoms with Crippen LogP contribution in [0.25, 0.3) is 0 Å². The SMILES string of the molecule is CC(CO)CP(CCCO)CCCO. The van der Waals surface area contributed by atoms with Gasteiger partial charge in [-0.2, -0.15) is 0 Å². The maximum atomic E-state index is 8.95. The van der Waals surface area contributed by atoms with Gasteiger partial charge in [-0.25, -0.2) is 0 Å². The number of hydrogen-bond donors (Lipinski definition) is 3. The molecule has 3 nitrogen and oxygen atoms in total. The summed E-state index contributed by atoms with van der Waals surface area (Å²) in [7, 11) is -0.0977. The molecule has 0 saturated heterocycles. The van der Waals surface area contributed by atoms with Crippen LogP contribution in [0.15, 0.2) is 0 Å². The predicted molar refractivity (Wildman–Crippen MR) is 61.2 cm³/mol. The van der Waals surface area contributed by atoms with E-state index in [0.717, 1.165) is 31.3 Å². The lowest BCUT2D eigenvalue weighted by molar-refractivity contribution is 0.249. The van der Waals surface area contributed by atoms with Crippen molar-refractivity contribution >= 4 is 7.92 Å². The van der Waals surface area contributed by atoms with Gasteiger partial charge in [0.15, 0.2) is 0 Å². The lowest BCUT2D eigenvalue weighted by atomic mass is 10.2. The molecule has 86 valence electrons. The number of rotatable bonds is 9. The second-order valence-corrected chi connectivity index (χ2v) is 6.34. The molecule has 4 heteroatoms. The Hall–Kier alpha value is 0.310. The van der Waals surface area contributed by atoms with E-state index in [1.807, 2.05) is 6.92 Å². The highest BCUT2D eigenvalue weighted by Crippen LogP contribution is 2.38. The lowest BCUT2D eigenvalue weighted by Gasteiger charge is -2.20. The number of aliphatic hydroxyl groups excluding tert-OH is 3. The Bertz CT molecular complexity index is 114. The molecule has 0 aliphatic rings. The van der Waals surface area contributed by atoms with Gasteiger partial charge in [-0.05, 0) is 37.2 Å². The van der Waals surface area contributed by atoms with Crippen LogP contribution in [-0.2, 0) is 0 Å². The standard InChI is InChI=1S/C10H23O3P/c1-10(8-13)9-14(6-2-4-11)7-3-5-12/h10-13H,2-9H2,1H3.